The monoisotopic (exact) mass is 377 g/mol. The molecule has 0 aliphatic carbocycles. The molecule has 3 aromatic rings. The molecule has 136 valence electrons. The molecule has 0 bridgehead atoms. The fourth-order valence-electron chi connectivity index (χ4n) is 2.25. The first-order valence-corrected chi connectivity index (χ1v) is 8.47. The molecule has 0 aliphatic rings. The third kappa shape index (κ3) is 5.10. The van der Waals surface area contributed by atoms with E-state index >= 15 is 0 Å². The summed E-state index contributed by atoms with van der Waals surface area (Å²) >= 11 is 5.88. The molecule has 26 heavy (non-hydrogen) atoms. The molecule has 0 saturated carbocycles. The van der Waals surface area contributed by atoms with Gasteiger partial charge >= 0.3 is 6.01 Å². The highest BCUT2D eigenvalue weighted by Crippen LogP contribution is 2.21. The third-order valence-corrected chi connectivity index (χ3v) is 3.77. The summed E-state index contributed by atoms with van der Waals surface area (Å²) in [7, 11) is 0. The summed E-state index contributed by atoms with van der Waals surface area (Å²) in [5, 5.41) is 0.548. The smallest absolute Gasteiger partial charge is 0.315 e. The first kappa shape index (κ1) is 18.0. The van der Waals surface area contributed by atoms with Crippen molar-refractivity contribution in [1.29, 1.82) is 0 Å². The molecule has 0 fully saturated rings. The van der Waals surface area contributed by atoms with Crippen LogP contribution in [-0.2, 0) is 4.79 Å². The van der Waals surface area contributed by atoms with Gasteiger partial charge in [-0.1, -0.05) is 11.6 Å². The predicted molar refractivity (Wildman–Crippen MR) is 96.5 cm³/mol. The van der Waals surface area contributed by atoms with Crippen LogP contribution in [0.2, 0.25) is 5.02 Å². The second-order valence-corrected chi connectivity index (χ2v) is 6.00. The van der Waals surface area contributed by atoms with Crippen LogP contribution in [0, 0.1) is 5.82 Å². The van der Waals surface area contributed by atoms with E-state index in [-0.39, 0.29) is 17.7 Å². The molecule has 0 unspecified atom stereocenters. The maximum Gasteiger partial charge on any atom is 0.315 e. The second kappa shape index (κ2) is 8.53. The van der Waals surface area contributed by atoms with Crippen LogP contribution < -0.4 is 15.6 Å². The molecule has 1 heterocycles. The van der Waals surface area contributed by atoms with Crippen molar-refractivity contribution < 1.29 is 18.3 Å². The molecule has 2 N–H and O–H groups in total. The zero-order chi connectivity index (χ0) is 18.4. The van der Waals surface area contributed by atoms with Crippen molar-refractivity contribution in [2.24, 2.45) is 0 Å². The topological polar surface area (TPSA) is 76.4 Å². The normalized spacial score (nSPS) is 10.7. The van der Waals surface area contributed by atoms with Crippen molar-refractivity contribution in [3.63, 3.8) is 0 Å². The van der Waals surface area contributed by atoms with Crippen molar-refractivity contribution >= 4 is 34.6 Å². The number of nitrogens with zero attached hydrogens (tertiary/aromatic N) is 1. The Balaban J connectivity index is 1.34. The zero-order valence-electron chi connectivity index (χ0n) is 13.8. The number of hydrogen-bond acceptors (Lipinski definition) is 5. The number of unbranched alkanes of at least 4 members (excludes halogenated alkanes) is 1. The lowest BCUT2D eigenvalue weighted by molar-refractivity contribution is -0.120. The van der Waals surface area contributed by atoms with Crippen molar-refractivity contribution in [3.8, 4) is 5.75 Å². The SMILES string of the molecule is O=C(CCCCOc1ccc(F)cc1)NNc1nc2ccc(Cl)cc2o1. The first-order valence-electron chi connectivity index (χ1n) is 8.09. The second-order valence-electron chi connectivity index (χ2n) is 5.56. The number of fused-ring (bicyclic) bond motifs is 1. The largest absolute Gasteiger partial charge is 0.494 e. The Morgan fingerprint density at radius 1 is 1.19 bits per heavy atom. The molecular weight excluding hydrogens is 361 g/mol. The van der Waals surface area contributed by atoms with E-state index in [0.717, 1.165) is 0 Å². The molecule has 0 aliphatic heterocycles. The van der Waals surface area contributed by atoms with Gasteiger partial charge in [-0.25, -0.2) is 4.39 Å². The Hall–Kier alpha value is -2.80. The summed E-state index contributed by atoms with van der Waals surface area (Å²) in [5.41, 5.74) is 6.34. The molecule has 1 aromatic heterocycles. The van der Waals surface area contributed by atoms with Gasteiger partial charge < -0.3 is 9.15 Å². The number of carbonyl (C=O) groups excluding carboxylic acids is 1. The van der Waals surface area contributed by atoms with Gasteiger partial charge in [0.1, 0.15) is 17.1 Å². The Morgan fingerprint density at radius 3 is 2.81 bits per heavy atom. The molecule has 0 saturated heterocycles. The number of carbonyl (C=O) groups is 1. The Bertz CT molecular complexity index is 883. The number of hydrogen-bond donors (Lipinski definition) is 2. The highest BCUT2D eigenvalue weighted by molar-refractivity contribution is 6.31. The van der Waals surface area contributed by atoms with Crippen molar-refractivity contribution in [2.75, 3.05) is 12.0 Å². The van der Waals surface area contributed by atoms with E-state index in [2.05, 4.69) is 15.8 Å². The number of ether oxygens (including phenoxy) is 1. The van der Waals surface area contributed by atoms with Gasteiger partial charge in [-0.2, -0.15) is 4.98 Å². The van der Waals surface area contributed by atoms with Crippen molar-refractivity contribution in [3.05, 3.63) is 53.3 Å². The van der Waals surface area contributed by atoms with Crippen LogP contribution >= 0.6 is 11.6 Å². The summed E-state index contributed by atoms with van der Waals surface area (Å²) in [6, 6.07) is 11.1. The molecule has 3 rings (SSSR count). The summed E-state index contributed by atoms with van der Waals surface area (Å²) in [5.74, 6) is 0.115. The van der Waals surface area contributed by atoms with Gasteiger partial charge in [0.2, 0.25) is 5.91 Å². The third-order valence-electron chi connectivity index (χ3n) is 3.54. The maximum absolute atomic E-state index is 12.8. The van der Waals surface area contributed by atoms with E-state index in [1.807, 2.05) is 0 Å². The molecule has 6 nitrogen and oxygen atoms in total. The molecule has 1 amide bonds. The van der Waals surface area contributed by atoms with E-state index in [1.54, 1.807) is 30.3 Å². The van der Waals surface area contributed by atoms with Crippen LogP contribution in [0.5, 0.6) is 5.75 Å². The van der Waals surface area contributed by atoms with Crippen LogP contribution in [-0.4, -0.2) is 17.5 Å². The Labute approximate surface area is 154 Å². The van der Waals surface area contributed by atoms with Crippen LogP contribution in [0.15, 0.2) is 46.9 Å². The number of nitrogens with one attached hydrogen (secondary N) is 2. The van der Waals surface area contributed by atoms with E-state index < -0.39 is 0 Å². The van der Waals surface area contributed by atoms with Crippen molar-refractivity contribution in [2.45, 2.75) is 19.3 Å². The number of anilines is 1. The van der Waals surface area contributed by atoms with Crippen LogP contribution in [0.1, 0.15) is 19.3 Å². The predicted octanol–water partition coefficient (Wildman–Crippen LogP) is 4.31. The average molecular weight is 378 g/mol. The van der Waals surface area contributed by atoms with Gasteiger partial charge in [0, 0.05) is 17.5 Å². The lowest BCUT2D eigenvalue weighted by Gasteiger charge is -2.06. The lowest BCUT2D eigenvalue weighted by Crippen LogP contribution is -2.29. The van der Waals surface area contributed by atoms with E-state index in [1.165, 1.54) is 12.1 Å². The summed E-state index contributed by atoms with van der Waals surface area (Å²) in [6.07, 6.45) is 1.68. The minimum absolute atomic E-state index is 0.188. The van der Waals surface area contributed by atoms with Gasteiger partial charge in [-0.15, -0.1) is 0 Å². The van der Waals surface area contributed by atoms with E-state index in [4.69, 9.17) is 20.8 Å². The summed E-state index contributed by atoms with van der Waals surface area (Å²) < 4.78 is 23.7. The number of oxazole rings is 1. The number of amides is 1. The highest BCUT2D eigenvalue weighted by atomic mass is 35.5. The average Bonchev–Trinajstić information content (AvgIpc) is 3.03. The number of benzene rings is 2. The summed E-state index contributed by atoms with van der Waals surface area (Å²) in [4.78, 5) is 16.0. The highest BCUT2D eigenvalue weighted by Gasteiger charge is 2.07. The molecule has 0 atom stereocenters. The fourth-order valence-corrected chi connectivity index (χ4v) is 2.41. The molecule has 0 spiro atoms. The molecular formula is C18H17ClFN3O3. The van der Waals surface area contributed by atoms with Gasteiger partial charge in [-0.05, 0) is 49.2 Å². The standard InChI is InChI=1S/C18H17ClFN3O3/c19-12-4-9-15-16(11-12)26-18(21-15)23-22-17(24)3-1-2-10-25-14-7-5-13(20)6-8-14/h4-9,11H,1-3,10H2,(H,21,23)(H,22,24). The number of halogens is 2. The Morgan fingerprint density at radius 2 is 2.00 bits per heavy atom. The zero-order valence-corrected chi connectivity index (χ0v) is 14.6. The van der Waals surface area contributed by atoms with Gasteiger partial charge in [0.25, 0.3) is 0 Å². The molecule has 2 aromatic carbocycles. The van der Waals surface area contributed by atoms with Crippen molar-refractivity contribution in [1.82, 2.24) is 10.4 Å². The molecule has 0 radical (unpaired) electrons. The fraction of sp³-hybridized carbons (Fsp3) is 0.222. The van der Waals surface area contributed by atoms with Crippen LogP contribution in [0.3, 0.4) is 0 Å². The minimum atomic E-state index is -0.302. The quantitative estimate of drug-likeness (QED) is 0.452. The van der Waals surface area contributed by atoms with Gasteiger partial charge in [-0.3, -0.25) is 15.6 Å². The number of rotatable bonds is 8. The van der Waals surface area contributed by atoms with E-state index in [0.29, 0.717) is 47.7 Å². The Kier molecular flexibility index (Phi) is 5.91. The van der Waals surface area contributed by atoms with Crippen LogP contribution in [0.4, 0.5) is 10.4 Å². The minimum Gasteiger partial charge on any atom is -0.494 e. The maximum atomic E-state index is 12.8. The first-order chi connectivity index (χ1) is 12.6. The van der Waals surface area contributed by atoms with E-state index in [9.17, 15) is 9.18 Å². The van der Waals surface area contributed by atoms with Crippen LogP contribution in [0.25, 0.3) is 11.1 Å². The number of aromatic nitrogens is 1. The van der Waals surface area contributed by atoms with Gasteiger partial charge in [0.15, 0.2) is 5.58 Å². The summed E-state index contributed by atoms with van der Waals surface area (Å²) in [6.45, 7) is 0.457. The number of hydrazine groups is 1. The molecule has 8 heteroatoms. The van der Waals surface area contributed by atoms with Gasteiger partial charge in [0.05, 0.1) is 6.61 Å². The lowest BCUT2D eigenvalue weighted by atomic mass is 10.2.